The van der Waals surface area contributed by atoms with E-state index in [4.69, 9.17) is 0 Å². The van der Waals surface area contributed by atoms with Crippen molar-refractivity contribution in [3.63, 3.8) is 0 Å². The van der Waals surface area contributed by atoms with Gasteiger partial charge in [0.25, 0.3) is 0 Å². The maximum Gasteiger partial charge on any atom is 0.416 e. The molecule has 0 spiro atoms. The van der Waals surface area contributed by atoms with Gasteiger partial charge in [0, 0.05) is 18.9 Å². The third-order valence-electron chi connectivity index (χ3n) is 4.48. The molecular formula is C18H21F3N2S2. The number of imidazole rings is 1. The highest BCUT2D eigenvalue weighted by atomic mass is 32.2. The molecule has 0 atom stereocenters. The van der Waals surface area contributed by atoms with E-state index in [0.29, 0.717) is 5.92 Å². The molecule has 1 saturated heterocycles. The van der Waals surface area contributed by atoms with Gasteiger partial charge in [-0.25, -0.2) is 4.98 Å². The number of thioether (sulfide) groups is 2. The lowest BCUT2D eigenvalue weighted by Gasteiger charge is -2.39. The fourth-order valence-corrected chi connectivity index (χ4v) is 6.59. The second-order valence-corrected chi connectivity index (χ2v) is 9.48. The van der Waals surface area contributed by atoms with Crippen LogP contribution in [-0.2, 0) is 19.1 Å². The summed E-state index contributed by atoms with van der Waals surface area (Å²) < 4.78 is 40.3. The number of rotatable bonds is 5. The minimum atomic E-state index is -4.28. The fourth-order valence-electron chi connectivity index (χ4n) is 2.90. The van der Waals surface area contributed by atoms with Crippen molar-refractivity contribution >= 4 is 23.5 Å². The van der Waals surface area contributed by atoms with Crippen molar-refractivity contribution in [1.82, 2.24) is 9.55 Å². The molecule has 0 unspecified atom stereocenters. The maximum absolute atomic E-state index is 12.8. The summed E-state index contributed by atoms with van der Waals surface area (Å²) in [6, 6.07) is 5.61. The van der Waals surface area contributed by atoms with Crippen molar-refractivity contribution in [3.8, 4) is 0 Å². The molecule has 1 aromatic heterocycles. The average Bonchev–Trinajstić information content (AvgIpc) is 3.08. The molecule has 1 fully saturated rings. The van der Waals surface area contributed by atoms with E-state index >= 15 is 0 Å². The first-order chi connectivity index (χ1) is 11.9. The van der Waals surface area contributed by atoms with Crippen LogP contribution in [0.2, 0.25) is 0 Å². The van der Waals surface area contributed by atoms with E-state index in [9.17, 15) is 13.2 Å². The van der Waals surface area contributed by atoms with Gasteiger partial charge in [-0.3, -0.25) is 0 Å². The van der Waals surface area contributed by atoms with E-state index in [1.54, 1.807) is 18.3 Å². The van der Waals surface area contributed by atoms with Crippen LogP contribution in [0.3, 0.4) is 0 Å². The molecule has 2 aromatic rings. The Bertz CT molecular complexity index is 661. The molecule has 1 aliphatic heterocycles. The van der Waals surface area contributed by atoms with Crippen molar-refractivity contribution in [2.24, 2.45) is 5.92 Å². The molecule has 7 heteroatoms. The first-order valence-electron chi connectivity index (χ1n) is 8.30. The molecule has 0 saturated carbocycles. The van der Waals surface area contributed by atoms with Gasteiger partial charge in [-0.1, -0.05) is 25.5 Å². The second kappa shape index (κ2) is 7.66. The monoisotopic (exact) mass is 386 g/mol. The fraction of sp³-hybridized carbons (Fsp3) is 0.500. The minimum Gasteiger partial charge on any atom is -0.335 e. The molecule has 0 N–H and O–H groups in total. The van der Waals surface area contributed by atoms with Crippen LogP contribution in [0.4, 0.5) is 13.2 Å². The molecule has 25 heavy (non-hydrogen) atoms. The van der Waals surface area contributed by atoms with Crippen LogP contribution in [0, 0.1) is 5.92 Å². The summed E-state index contributed by atoms with van der Waals surface area (Å²) in [5.74, 6) is 2.90. The molecule has 1 aliphatic rings. The maximum atomic E-state index is 12.8. The number of alkyl halides is 3. The predicted octanol–water partition coefficient (Wildman–Crippen LogP) is 5.35. The van der Waals surface area contributed by atoms with E-state index in [1.807, 2.05) is 36.0 Å². The van der Waals surface area contributed by atoms with Crippen molar-refractivity contribution in [2.45, 2.75) is 36.6 Å². The Morgan fingerprint density at radius 2 is 1.88 bits per heavy atom. The second-order valence-electron chi connectivity index (χ2n) is 6.41. The van der Waals surface area contributed by atoms with Crippen LogP contribution in [-0.4, -0.2) is 25.1 Å². The molecule has 136 valence electrons. The molecular weight excluding hydrogens is 365 g/mol. The molecule has 3 rings (SSSR count). The Kier molecular flexibility index (Phi) is 5.73. The summed E-state index contributed by atoms with van der Waals surface area (Å²) in [6.45, 7) is 3.02. The van der Waals surface area contributed by atoms with Crippen molar-refractivity contribution in [2.75, 3.05) is 11.5 Å². The lowest BCUT2D eigenvalue weighted by atomic mass is 10.1. The quantitative estimate of drug-likeness (QED) is 0.690. The lowest BCUT2D eigenvalue weighted by molar-refractivity contribution is -0.137. The molecule has 0 bridgehead atoms. The van der Waals surface area contributed by atoms with Gasteiger partial charge in [-0.15, -0.1) is 23.5 Å². The molecule has 2 nitrogen and oxygen atoms in total. The standard InChI is InChI=1S/C18H21F3N2S2/c1-2-14-10-24-17(25-11-14,12-23-8-7-22-13-23)9-15-3-5-16(6-4-15)18(19,20)21/h3-8,13-14H,2,9-12H2,1H3. The SMILES string of the molecule is CCC1CSC(Cc2ccc(C(F)(F)F)cc2)(Cn2ccnc2)SC1. The smallest absolute Gasteiger partial charge is 0.335 e. The zero-order valence-electron chi connectivity index (χ0n) is 14.0. The molecule has 0 amide bonds. The zero-order chi connectivity index (χ0) is 17.9. The number of halogens is 3. The Morgan fingerprint density at radius 3 is 2.40 bits per heavy atom. The van der Waals surface area contributed by atoms with Gasteiger partial charge in [-0.05, 0) is 41.5 Å². The van der Waals surface area contributed by atoms with E-state index in [-0.39, 0.29) is 4.08 Å². The number of hydrogen-bond acceptors (Lipinski definition) is 3. The molecule has 0 radical (unpaired) electrons. The third-order valence-corrected chi connectivity index (χ3v) is 8.06. The number of hydrogen-bond donors (Lipinski definition) is 0. The summed E-state index contributed by atoms with van der Waals surface area (Å²) in [5.41, 5.74) is 0.359. The average molecular weight is 387 g/mol. The van der Waals surface area contributed by atoms with Crippen molar-refractivity contribution < 1.29 is 13.2 Å². The van der Waals surface area contributed by atoms with Crippen LogP contribution in [0.1, 0.15) is 24.5 Å². The normalized spacial score (nSPS) is 24.4. The van der Waals surface area contributed by atoms with Crippen LogP contribution in [0.25, 0.3) is 0 Å². The van der Waals surface area contributed by atoms with E-state index in [1.165, 1.54) is 18.6 Å². The summed E-state index contributed by atoms with van der Waals surface area (Å²) in [6.07, 6.45) is 3.15. The molecule has 1 aromatic carbocycles. The van der Waals surface area contributed by atoms with E-state index < -0.39 is 11.7 Å². The van der Waals surface area contributed by atoms with Gasteiger partial charge in [0.2, 0.25) is 0 Å². The summed E-state index contributed by atoms with van der Waals surface area (Å²) in [4.78, 5) is 4.12. The van der Waals surface area contributed by atoms with Crippen LogP contribution in [0.15, 0.2) is 43.0 Å². The Hall–Kier alpha value is -1.08. The molecule has 0 aliphatic carbocycles. The number of benzene rings is 1. The summed E-state index contributed by atoms with van der Waals surface area (Å²) in [7, 11) is 0. The highest BCUT2D eigenvalue weighted by Crippen LogP contribution is 2.48. The van der Waals surface area contributed by atoms with Gasteiger partial charge < -0.3 is 4.57 Å². The van der Waals surface area contributed by atoms with Gasteiger partial charge >= 0.3 is 6.18 Å². The Morgan fingerprint density at radius 1 is 1.20 bits per heavy atom. The third kappa shape index (κ3) is 4.76. The summed E-state index contributed by atoms with van der Waals surface area (Å²) in [5, 5.41) is 0. The zero-order valence-corrected chi connectivity index (χ0v) is 15.6. The summed E-state index contributed by atoms with van der Waals surface area (Å²) >= 11 is 3.88. The lowest BCUT2D eigenvalue weighted by Crippen LogP contribution is -2.35. The van der Waals surface area contributed by atoms with Crippen LogP contribution >= 0.6 is 23.5 Å². The van der Waals surface area contributed by atoms with Gasteiger partial charge in [0.15, 0.2) is 0 Å². The highest BCUT2D eigenvalue weighted by Gasteiger charge is 2.37. The van der Waals surface area contributed by atoms with Crippen LogP contribution in [0.5, 0.6) is 0 Å². The highest BCUT2D eigenvalue weighted by molar-refractivity contribution is 8.18. The Balaban J connectivity index is 1.78. The van der Waals surface area contributed by atoms with Crippen molar-refractivity contribution in [3.05, 3.63) is 54.1 Å². The van der Waals surface area contributed by atoms with E-state index in [0.717, 1.165) is 30.0 Å². The van der Waals surface area contributed by atoms with Crippen LogP contribution < -0.4 is 0 Å². The van der Waals surface area contributed by atoms with E-state index in [2.05, 4.69) is 16.5 Å². The topological polar surface area (TPSA) is 17.8 Å². The first-order valence-corrected chi connectivity index (χ1v) is 10.3. The first kappa shape index (κ1) is 18.7. The number of nitrogens with zero attached hydrogens (tertiary/aromatic N) is 2. The largest absolute Gasteiger partial charge is 0.416 e. The molecule has 2 heterocycles. The van der Waals surface area contributed by atoms with Crippen molar-refractivity contribution in [1.29, 1.82) is 0 Å². The minimum absolute atomic E-state index is 0.0634. The van der Waals surface area contributed by atoms with Gasteiger partial charge in [0.1, 0.15) is 0 Å². The van der Waals surface area contributed by atoms with Gasteiger partial charge in [-0.2, -0.15) is 13.2 Å². The van der Waals surface area contributed by atoms with Gasteiger partial charge in [0.05, 0.1) is 16.0 Å². The number of aromatic nitrogens is 2. The Labute approximate surface area is 154 Å². The predicted molar refractivity (Wildman–Crippen MR) is 98.8 cm³/mol.